The number of aliphatic hydroxyl groups is 2. The van der Waals surface area contributed by atoms with E-state index in [9.17, 15) is 10.2 Å². The first-order valence-electron chi connectivity index (χ1n) is 12.8. The number of benzene rings is 4. The van der Waals surface area contributed by atoms with Gasteiger partial charge in [0.2, 0.25) is 0 Å². The van der Waals surface area contributed by atoms with Crippen LogP contribution in [0.2, 0.25) is 0 Å². The van der Waals surface area contributed by atoms with E-state index in [4.69, 9.17) is 9.47 Å². The fraction of sp³-hybridized carbons (Fsp3) is 0.273. The summed E-state index contributed by atoms with van der Waals surface area (Å²) in [6, 6.07) is 26.1. The van der Waals surface area contributed by atoms with Gasteiger partial charge in [-0.3, -0.25) is 0 Å². The highest BCUT2D eigenvalue weighted by Gasteiger charge is 2.47. The van der Waals surface area contributed by atoms with Crippen LogP contribution in [-0.4, -0.2) is 36.6 Å². The van der Waals surface area contributed by atoms with Gasteiger partial charge in [0.1, 0.15) is 24.7 Å². The Bertz CT molecular complexity index is 1340. The second-order valence-electron chi connectivity index (χ2n) is 9.85. The molecule has 190 valence electrons. The Kier molecular flexibility index (Phi) is 6.80. The second kappa shape index (κ2) is 10.0. The molecule has 4 heteroatoms. The van der Waals surface area contributed by atoms with Gasteiger partial charge in [-0.2, -0.15) is 0 Å². The summed E-state index contributed by atoms with van der Waals surface area (Å²) in [6.45, 7) is 8.93. The van der Waals surface area contributed by atoms with Crippen LogP contribution in [0, 0.1) is 27.7 Å². The standard InChI is InChI=1S/C33H34O4/c1-21-19-31(36-15-13-34)23(3)17-29(21)33(30-18-24(4)32(20-22(30)2)37-16-14-35)27-11-7-5-9-25(27)26-10-6-8-12-28(26)33/h5-12,17-20,34-35H,13-16H2,1-4H3. The summed E-state index contributed by atoms with van der Waals surface area (Å²) in [7, 11) is 0. The average molecular weight is 495 g/mol. The van der Waals surface area contributed by atoms with Crippen molar-refractivity contribution in [2.24, 2.45) is 0 Å². The second-order valence-corrected chi connectivity index (χ2v) is 9.85. The number of aryl methyl sites for hydroxylation is 4. The maximum absolute atomic E-state index is 9.31. The maximum atomic E-state index is 9.31. The Morgan fingerprint density at radius 1 is 0.541 bits per heavy atom. The van der Waals surface area contributed by atoms with Crippen LogP contribution in [0.4, 0.5) is 0 Å². The minimum Gasteiger partial charge on any atom is -0.491 e. The van der Waals surface area contributed by atoms with E-state index in [0.29, 0.717) is 0 Å². The summed E-state index contributed by atoms with van der Waals surface area (Å²) in [5.41, 5.74) is 11.2. The summed E-state index contributed by atoms with van der Waals surface area (Å²) in [5, 5.41) is 18.6. The predicted octanol–water partition coefficient (Wildman–Crippen LogP) is 6.03. The van der Waals surface area contributed by atoms with Crippen molar-refractivity contribution in [1.82, 2.24) is 0 Å². The number of aliphatic hydroxyl groups excluding tert-OH is 2. The minimum atomic E-state index is -0.526. The Morgan fingerprint density at radius 3 is 1.35 bits per heavy atom. The lowest BCUT2D eigenvalue weighted by Crippen LogP contribution is -2.31. The molecule has 4 nitrogen and oxygen atoms in total. The van der Waals surface area contributed by atoms with Crippen molar-refractivity contribution in [1.29, 1.82) is 0 Å². The SMILES string of the molecule is Cc1cc(C2(c3cc(C)c(OCCO)cc3C)c3ccccc3-c3ccccc32)c(C)cc1OCCO. The molecule has 0 amide bonds. The molecule has 0 spiro atoms. The molecule has 1 aliphatic rings. The Balaban J connectivity index is 1.86. The van der Waals surface area contributed by atoms with E-state index < -0.39 is 5.41 Å². The predicted molar refractivity (Wildman–Crippen MR) is 148 cm³/mol. The van der Waals surface area contributed by atoms with Crippen molar-refractivity contribution < 1.29 is 19.7 Å². The normalized spacial score (nSPS) is 13.2. The number of hydrogen-bond donors (Lipinski definition) is 2. The van der Waals surface area contributed by atoms with Gasteiger partial charge in [0, 0.05) is 0 Å². The minimum absolute atomic E-state index is 0.0197. The zero-order valence-corrected chi connectivity index (χ0v) is 22.0. The molecule has 5 rings (SSSR count). The van der Waals surface area contributed by atoms with Crippen molar-refractivity contribution >= 4 is 0 Å². The van der Waals surface area contributed by atoms with Gasteiger partial charge >= 0.3 is 0 Å². The lowest BCUT2D eigenvalue weighted by molar-refractivity contribution is 0.200. The highest BCUT2D eigenvalue weighted by molar-refractivity contribution is 5.87. The van der Waals surface area contributed by atoms with E-state index in [-0.39, 0.29) is 26.4 Å². The molecule has 2 N–H and O–H groups in total. The van der Waals surface area contributed by atoms with Crippen molar-refractivity contribution in [3.63, 3.8) is 0 Å². The quantitative estimate of drug-likeness (QED) is 0.277. The van der Waals surface area contributed by atoms with Crippen molar-refractivity contribution in [2.75, 3.05) is 26.4 Å². The summed E-state index contributed by atoms with van der Waals surface area (Å²) in [6.07, 6.45) is 0. The van der Waals surface area contributed by atoms with E-state index in [1.807, 2.05) is 0 Å². The Hall–Kier alpha value is -3.60. The summed E-state index contributed by atoms with van der Waals surface area (Å²) in [5.74, 6) is 1.59. The zero-order valence-electron chi connectivity index (χ0n) is 22.0. The largest absolute Gasteiger partial charge is 0.491 e. The van der Waals surface area contributed by atoms with Crippen LogP contribution in [0.5, 0.6) is 11.5 Å². The molecule has 0 bridgehead atoms. The van der Waals surface area contributed by atoms with Gasteiger partial charge in [-0.15, -0.1) is 0 Å². The van der Waals surface area contributed by atoms with E-state index >= 15 is 0 Å². The number of hydrogen-bond acceptors (Lipinski definition) is 4. The number of rotatable bonds is 8. The molecule has 0 aliphatic heterocycles. The van der Waals surface area contributed by atoms with E-state index in [2.05, 4.69) is 100 Å². The fourth-order valence-electron chi connectivity index (χ4n) is 5.97. The van der Waals surface area contributed by atoms with Crippen molar-refractivity contribution in [2.45, 2.75) is 33.1 Å². The van der Waals surface area contributed by atoms with Crippen LogP contribution >= 0.6 is 0 Å². The molecule has 4 aromatic carbocycles. The molecule has 1 aliphatic carbocycles. The van der Waals surface area contributed by atoms with Crippen molar-refractivity contribution in [3.8, 4) is 22.6 Å². The molecule has 0 saturated carbocycles. The van der Waals surface area contributed by atoms with Crippen LogP contribution in [0.15, 0.2) is 72.8 Å². The van der Waals surface area contributed by atoms with Gasteiger partial charge in [-0.05, 0) is 95.5 Å². The molecule has 0 heterocycles. The first-order valence-corrected chi connectivity index (χ1v) is 12.8. The molecular weight excluding hydrogens is 460 g/mol. The van der Waals surface area contributed by atoms with Gasteiger partial charge in [0.25, 0.3) is 0 Å². The van der Waals surface area contributed by atoms with Gasteiger partial charge in [0.15, 0.2) is 0 Å². The number of ether oxygens (including phenoxy) is 2. The topological polar surface area (TPSA) is 58.9 Å². The van der Waals surface area contributed by atoms with Gasteiger partial charge in [-0.25, -0.2) is 0 Å². The maximum Gasteiger partial charge on any atom is 0.122 e. The van der Waals surface area contributed by atoms with Gasteiger partial charge in [0.05, 0.1) is 18.6 Å². The van der Waals surface area contributed by atoms with Crippen molar-refractivity contribution in [3.05, 3.63) is 117 Å². The molecule has 37 heavy (non-hydrogen) atoms. The highest BCUT2D eigenvalue weighted by atomic mass is 16.5. The van der Waals surface area contributed by atoms with Gasteiger partial charge < -0.3 is 19.7 Å². The van der Waals surface area contributed by atoms with Crippen LogP contribution in [-0.2, 0) is 5.41 Å². The van der Waals surface area contributed by atoms with E-state index in [1.165, 1.54) is 33.4 Å². The zero-order chi connectivity index (χ0) is 26.2. The Labute approximate surface area is 219 Å². The lowest BCUT2D eigenvalue weighted by atomic mass is 9.65. The fourth-order valence-corrected chi connectivity index (χ4v) is 5.97. The lowest BCUT2D eigenvalue weighted by Gasteiger charge is -2.37. The molecule has 4 aromatic rings. The summed E-state index contributed by atoms with van der Waals surface area (Å²) < 4.78 is 11.7. The molecule has 0 unspecified atom stereocenters. The third kappa shape index (κ3) is 4.01. The monoisotopic (exact) mass is 494 g/mol. The first kappa shape index (κ1) is 25.1. The number of fused-ring (bicyclic) bond motifs is 3. The molecule has 0 aromatic heterocycles. The third-order valence-electron chi connectivity index (χ3n) is 7.50. The molecule has 0 atom stereocenters. The molecular formula is C33H34O4. The Morgan fingerprint density at radius 2 is 0.946 bits per heavy atom. The van der Waals surface area contributed by atoms with E-state index in [0.717, 1.165) is 33.8 Å². The summed E-state index contributed by atoms with van der Waals surface area (Å²) in [4.78, 5) is 0. The highest BCUT2D eigenvalue weighted by Crippen LogP contribution is 2.58. The van der Waals surface area contributed by atoms with Crippen LogP contribution < -0.4 is 9.47 Å². The van der Waals surface area contributed by atoms with Crippen LogP contribution in [0.25, 0.3) is 11.1 Å². The summed E-state index contributed by atoms with van der Waals surface area (Å²) >= 11 is 0. The molecule has 0 saturated heterocycles. The molecule has 0 radical (unpaired) electrons. The first-order chi connectivity index (χ1) is 17.9. The van der Waals surface area contributed by atoms with Crippen LogP contribution in [0.3, 0.4) is 0 Å². The van der Waals surface area contributed by atoms with E-state index in [1.54, 1.807) is 0 Å². The van der Waals surface area contributed by atoms with Crippen LogP contribution in [0.1, 0.15) is 44.5 Å². The van der Waals surface area contributed by atoms with Gasteiger partial charge in [-0.1, -0.05) is 60.7 Å². The third-order valence-corrected chi connectivity index (χ3v) is 7.50. The molecule has 0 fully saturated rings. The smallest absolute Gasteiger partial charge is 0.122 e. The average Bonchev–Trinajstić information content (AvgIpc) is 3.20.